The number of nitrogens with one attached hydrogen (secondary N) is 1. The van der Waals surface area contributed by atoms with Crippen LogP contribution >= 0.6 is 0 Å². The van der Waals surface area contributed by atoms with Crippen LogP contribution < -0.4 is 5.32 Å². The van der Waals surface area contributed by atoms with Crippen LogP contribution in [0.4, 0.5) is 13.2 Å². The van der Waals surface area contributed by atoms with Crippen molar-refractivity contribution in [3.63, 3.8) is 0 Å². The number of amides is 1. The van der Waals surface area contributed by atoms with Crippen LogP contribution in [0.5, 0.6) is 0 Å². The largest absolute Gasteiger partial charge is 0.416 e. The molecule has 1 aromatic heterocycles. The first-order valence-electron chi connectivity index (χ1n) is 8.72. The fourth-order valence-electron chi connectivity index (χ4n) is 2.76. The Morgan fingerprint density at radius 2 is 1.93 bits per heavy atom. The van der Waals surface area contributed by atoms with Crippen LogP contribution in [0.15, 0.2) is 54.7 Å². The van der Waals surface area contributed by atoms with Crippen molar-refractivity contribution in [2.45, 2.75) is 26.1 Å². The zero-order chi connectivity index (χ0) is 20.1. The highest BCUT2D eigenvalue weighted by Gasteiger charge is 2.30. The molecular formula is C20H19F3N4O. The van der Waals surface area contributed by atoms with Gasteiger partial charge in [-0.3, -0.25) is 4.79 Å². The van der Waals surface area contributed by atoms with Gasteiger partial charge in [-0.1, -0.05) is 47.7 Å². The molecule has 0 aliphatic rings. The Kier molecular flexibility index (Phi) is 5.77. The molecule has 1 N–H and O–H groups in total. The van der Waals surface area contributed by atoms with Crippen molar-refractivity contribution in [1.29, 1.82) is 0 Å². The standard InChI is InChI=1S/C20H19F3N4O/c1-14-5-2-3-7-16(14)12-27-13-18(25-26-27)19(28)24-10-9-15-6-4-8-17(11-15)20(21,22)23/h2-8,11,13H,9-10,12H2,1H3,(H,24,28). The van der Waals surface area contributed by atoms with Crippen molar-refractivity contribution < 1.29 is 18.0 Å². The van der Waals surface area contributed by atoms with Gasteiger partial charge in [0.25, 0.3) is 5.91 Å². The number of carbonyl (C=O) groups excluding carboxylic acids is 1. The molecule has 0 saturated carbocycles. The molecule has 0 aliphatic carbocycles. The number of hydrogen-bond acceptors (Lipinski definition) is 3. The van der Waals surface area contributed by atoms with Gasteiger partial charge >= 0.3 is 6.18 Å². The number of alkyl halides is 3. The molecule has 1 amide bonds. The summed E-state index contributed by atoms with van der Waals surface area (Å²) in [5, 5.41) is 10.5. The Hall–Kier alpha value is -3.16. The summed E-state index contributed by atoms with van der Waals surface area (Å²) in [6.07, 6.45) is -2.55. The van der Waals surface area contributed by atoms with Crippen LogP contribution in [0, 0.1) is 6.92 Å². The maximum absolute atomic E-state index is 12.7. The van der Waals surface area contributed by atoms with Crippen LogP contribution in [0.1, 0.15) is 32.7 Å². The minimum atomic E-state index is -4.38. The van der Waals surface area contributed by atoms with Crippen molar-refractivity contribution in [2.24, 2.45) is 0 Å². The van der Waals surface area contributed by atoms with E-state index in [1.54, 1.807) is 16.9 Å². The topological polar surface area (TPSA) is 59.8 Å². The van der Waals surface area contributed by atoms with Gasteiger partial charge in [-0.15, -0.1) is 5.10 Å². The van der Waals surface area contributed by atoms with Gasteiger partial charge in [-0.2, -0.15) is 13.2 Å². The molecule has 28 heavy (non-hydrogen) atoms. The molecule has 0 radical (unpaired) electrons. The van der Waals surface area contributed by atoms with E-state index in [9.17, 15) is 18.0 Å². The maximum atomic E-state index is 12.7. The van der Waals surface area contributed by atoms with Crippen molar-refractivity contribution in [3.05, 3.63) is 82.7 Å². The average Bonchev–Trinajstić information content (AvgIpc) is 3.12. The third-order valence-electron chi connectivity index (χ3n) is 4.32. The first-order valence-corrected chi connectivity index (χ1v) is 8.72. The third-order valence-corrected chi connectivity index (χ3v) is 4.32. The van der Waals surface area contributed by atoms with E-state index in [0.717, 1.165) is 23.3 Å². The van der Waals surface area contributed by atoms with Crippen LogP contribution in [-0.2, 0) is 19.1 Å². The highest BCUT2D eigenvalue weighted by molar-refractivity contribution is 5.91. The van der Waals surface area contributed by atoms with Crippen molar-refractivity contribution in [2.75, 3.05) is 6.54 Å². The molecule has 0 atom stereocenters. The Morgan fingerprint density at radius 3 is 2.68 bits per heavy atom. The van der Waals surface area contributed by atoms with Crippen LogP contribution in [0.3, 0.4) is 0 Å². The molecule has 2 aromatic carbocycles. The Labute approximate surface area is 160 Å². The molecule has 0 aliphatic heterocycles. The molecule has 0 bridgehead atoms. The molecule has 3 aromatic rings. The fraction of sp³-hybridized carbons (Fsp3) is 0.250. The zero-order valence-electron chi connectivity index (χ0n) is 15.2. The second-order valence-electron chi connectivity index (χ2n) is 6.43. The normalized spacial score (nSPS) is 11.4. The molecule has 5 nitrogen and oxygen atoms in total. The molecule has 146 valence electrons. The Morgan fingerprint density at radius 1 is 1.14 bits per heavy atom. The lowest BCUT2D eigenvalue weighted by Crippen LogP contribution is -2.26. The van der Waals surface area contributed by atoms with Crippen molar-refractivity contribution >= 4 is 5.91 Å². The van der Waals surface area contributed by atoms with E-state index in [2.05, 4.69) is 15.6 Å². The quantitative estimate of drug-likeness (QED) is 0.702. The maximum Gasteiger partial charge on any atom is 0.416 e. The molecule has 3 rings (SSSR count). The number of benzene rings is 2. The number of rotatable bonds is 6. The number of aryl methyl sites for hydroxylation is 1. The summed E-state index contributed by atoms with van der Waals surface area (Å²) in [6, 6.07) is 12.9. The fourth-order valence-corrected chi connectivity index (χ4v) is 2.76. The number of halogens is 3. The lowest BCUT2D eigenvalue weighted by Gasteiger charge is -2.09. The van der Waals surface area contributed by atoms with Gasteiger partial charge < -0.3 is 5.32 Å². The second-order valence-corrected chi connectivity index (χ2v) is 6.43. The number of aromatic nitrogens is 3. The average molecular weight is 388 g/mol. The third kappa shape index (κ3) is 4.97. The monoisotopic (exact) mass is 388 g/mol. The first-order chi connectivity index (χ1) is 13.3. The summed E-state index contributed by atoms with van der Waals surface area (Å²) < 4.78 is 39.8. The van der Waals surface area contributed by atoms with Crippen molar-refractivity contribution in [1.82, 2.24) is 20.3 Å². The predicted octanol–water partition coefficient (Wildman–Crippen LogP) is 3.63. The van der Waals surface area contributed by atoms with E-state index < -0.39 is 17.6 Å². The Balaban J connectivity index is 1.55. The number of hydrogen-bond donors (Lipinski definition) is 1. The SMILES string of the molecule is Cc1ccccc1Cn1cc(C(=O)NCCc2cccc(C(F)(F)F)c2)nn1. The van der Waals surface area contributed by atoms with Gasteiger partial charge in [-0.05, 0) is 36.1 Å². The molecule has 0 saturated heterocycles. The van der Waals surface area contributed by atoms with Gasteiger partial charge in [0.2, 0.25) is 0 Å². The summed E-state index contributed by atoms with van der Waals surface area (Å²) in [5.41, 5.74) is 2.15. The Bertz CT molecular complexity index is 966. The van der Waals surface area contributed by atoms with Crippen LogP contribution in [0.2, 0.25) is 0 Å². The second kappa shape index (κ2) is 8.24. The summed E-state index contributed by atoms with van der Waals surface area (Å²) >= 11 is 0. The molecule has 0 unspecified atom stereocenters. The van der Waals surface area contributed by atoms with E-state index in [-0.39, 0.29) is 18.7 Å². The lowest BCUT2D eigenvalue weighted by molar-refractivity contribution is -0.137. The minimum absolute atomic E-state index is 0.164. The first kappa shape index (κ1) is 19.6. The van der Waals surface area contributed by atoms with Gasteiger partial charge in [0.1, 0.15) is 0 Å². The smallest absolute Gasteiger partial charge is 0.350 e. The lowest BCUT2D eigenvalue weighted by atomic mass is 10.1. The molecular weight excluding hydrogens is 369 g/mol. The summed E-state index contributed by atoms with van der Waals surface area (Å²) in [7, 11) is 0. The van der Waals surface area contributed by atoms with Gasteiger partial charge in [0, 0.05) is 6.54 Å². The highest BCUT2D eigenvalue weighted by atomic mass is 19.4. The number of carbonyl (C=O) groups is 1. The van der Waals surface area contributed by atoms with Crippen molar-refractivity contribution in [3.8, 4) is 0 Å². The van der Waals surface area contributed by atoms with E-state index in [0.29, 0.717) is 12.1 Å². The van der Waals surface area contributed by atoms with Crippen LogP contribution in [-0.4, -0.2) is 27.4 Å². The molecule has 0 spiro atoms. The van der Waals surface area contributed by atoms with E-state index in [1.165, 1.54) is 6.07 Å². The van der Waals surface area contributed by atoms with Crippen LogP contribution in [0.25, 0.3) is 0 Å². The molecule has 0 fully saturated rings. The summed E-state index contributed by atoms with van der Waals surface area (Å²) in [5.74, 6) is -0.414. The molecule has 8 heteroatoms. The van der Waals surface area contributed by atoms with E-state index in [1.807, 2.05) is 31.2 Å². The van der Waals surface area contributed by atoms with E-state index >= 15 is 0 Å². The molecule has 1 heterocycles. The minimum Gasteiger partial charge on any atom is -0.350 e. The summed E-state index contributed by atoms with van der Waals surface area (Å²) in [4.78, 5) is 12.2. The zero-order valence-corrected chi connectivity index (χ0v) is 15.2. The number of nitrogens with zero attached hydrogens (tertiary/aromatic N) is 3. The van der Waals surface area contributed by atoms with E-state index in [4.69, 9.17) is 0 Å². The summed E-state index contributed by atoms with van der Waals surface area (Å²) in [6.45, 7) is 2.69. The van der Waals surface area contributed by atoms with Gasteiger partial charge in [-0.25, -0.2) is 4.68 Å². The van der Waals surface area contributed by atoms with Gasteiger partial charge in [0.15, 0.2) is 5.69 Å². The highest BCUT2D eigenvalue weighted by Crippen LogP contribution is 2.29. The van der Waals surface area contributed by atoms with Gasteiger partial charge in [0.05, 0.1) is 18.3 Å². The predicted molar refractivity (Wildman–Crippen MR) is 97.8 cm³/mol.